The molecule has 1 aliphatic rings. The van der Waals surface area contributed by atoms with E-state index in [-0.39, 0.29) is 11.9 Å². The highest BCUT2D eigenvalue weighted by Crippen LogP contribution is 2.34. The summed E-state index contributed by atoms with van der Waals surface area (Å²) in [5.74, 6) is 0.744. The number of ether oxygens (including phenoxy) is 1. The number of amides is 1. The Labute approximate surface area is 149 Å². The van der Waals surface area contributed by atoms with Gasteiger partial charge < -0.3 is 10.1 Å². The molecule has 1 aromatic carbocycles. The minimum Gasteiger partial charge on any atom is -0.493 e. The van der Waals surface area contributed by atoms with Crippen LogP contribution in [0.5, 0.6) is 5.75 Å². The predicted octanol–water partition coefficient (Wildman–Crippen LogP) is 4.93. The van der Waals surface area contributed by atoms with E-state index in [4.69, 9.17) is 4.74 Å². The summed E-state index contributed by atoms with van der Waals surface area (Å²) in [5, 5.41) is 3.05. The maximum Gasteiger partial charge on any atom is 0.244 e. The lowest BCUT2D eigenvalue weighted by molar-refractivity contribution is -0.117. The molecule has 3 rings (SSSR count). The van der Waals surface area contributed by atoms with E-state index in [0.717, 1.165) is 30.9 Å². The van der Waals surface area contributed by atoms with Crippen LogP contribution in [0.3, 0.4) is 0 Å². The Hall–Kier alpha value is -1.11. The highest BCUT2D eigenvalue weighted by atomic mass is 79.9. The van der Waals surface area contributed by atoms with Crippen LogP contribution in [0, 0.1) is 0 Å². The molecule has 0 radical (unpaired) electrons. The highest BCUT2D eigenvalue weighted by molar-refractivity contribution is 9.11. The van der Waals surface area contributed by atoms with Crippen molar-refractivity contribution < 1.29 is 9.53 Å². The third-order valence-corrected chi connectivity index (χ3v) is 5.40. The maximum atomic E-state index is 12.1. The van der Waals surface area contributed by atoms with Gasteiger partial charge in [-0.2, -0.15) is 0 Å². The Morgan fingerprint density at radius 3 is 2.95 bits per heavy atom. The Morgan fingerprint density at radius 2 is 2.18 bits per heavy atom. The first-order valence-electron chi connectivity index (χ1n) is 6.78. The molecule has 2 heterocycles. The smallest absolute Gasteiger partial charge is 0.244 e. The van der Waals surface area contributed by atoms with Crippen molar-refractivity contribution in [1.29, 1.82) is 0 Å². The van der Waals surface area contributed by atoms with Gasteiger partial charge in [0.05, 0.1) is 16.4 Å². The van der Waals surface area contributed by atoms with Gasteiger partial charge in [-0.1, -0.05) is 15.9 Å². The topological polar surface area (TPSA) is 38.3 Å². The average Bonchev–Trinajstić information content (AvgIpc) is 2.91. The van der Waals surface area contributed by atoms with E-state index in [1.807, 2.05) is 36.4 Å². The van der Waals surface area contributed by atoms with E-state index in [1.165, 1.54) is 0 Å². The first-order chi connectivity index (χ1) is 10.6. The molecule has 0 saturated heterocycles. The van der Waals surface area contributed by atoms with Crippen LogP contribution in [0.1, 0.15) is 22.9 Å². The molecule has 1 aromatic heterocycles. The first kappa shape index (κ1) is 15.8. The third-order valence-electron chi connectivity index (χ3n) is 3.32. The standard InChI is InChI=1S/C16H13Br2NO2S/c17-10-1-4-14-12(9-10)13(7-8-21-14)19-16(20)6-3-11-2-5-15(18)22-11/h1-6,9,13H,7-8H2,(H,19,20)/b6-3+. The predicted molar refractivity (Wildman–Crippen MR) is 96.2 cm³/mol. The molecule has 3 nitrogen and oxygen atoms in total. The van der Waals surface area contributed by atoms with Crippen molar-refractivity contribution in [3.8, 4) is 5.75 Å². The second-order valence-corrected chi connectivity index (χ2v) is 8.27. The lowest BCUT2D eigenvalue weighted by Gasteiger charge is -2.26. The van der Waals surface area contributed by atoms with Crippen molar-refractivity contribution in [3.05, 3.63) is 55.1 Å². The summed E-state index contributed by atoms with van der Waals surface area (Å²) in [4.78, 5) is 13.2. The Bertz CT molecular complexity index is 727. The van der Waals surface area contributed by atoms with E-state index in [2.05, 4.69) is 37.2 Å². The third kappa shape index (κ3) is 3.80. The van der Waals surface area contributed by atoms with E-state index in [9.17, 15) is 4.79 Å². The van der Waals surface area contributed by atoms with Crippen LogP contribution in [-0.2, 0) is 4.79 Å². The van der Waals surface area contributed by atoms with Crippen LogP contribution in [-0.4, -0.2) is 12.5 Å². The number of carbonyl (C=O) groups excluding carboxylic acids is 1. The molecule has 1 atom stereocenters. The van der Waals surface area contributed by atoms with Gasteiger partial charge in [-0.05, 0) is 52.3 Å². The summed E-state index contributed by atoms with van der Waals surface area (Å²) < 4.78 is 7.66. The molecule has 0 fully saturated rings. The van der Waals surface area contributed by atoms with Crippen LogP contribution in [0.15, 0.2) is 44.7 Å². The molecule has 2 aromatic rings. The van der Waals surface area contributed by atoms with Gasteiger partial charge in [-0.25, -0.2) is 0 Å². The van der Waals surface area contributed by atoms with Crippen LogP contribution in [0.4, 0.5) is 0 Å². The maximum absolute atomic E-state index is 12.1. The fourth-order valence-electron chi connectivity index (χ4n) is 2.31. The SMILES string of the molecule is O=C(/C=C/c1ccc(Br)s1)NC1CCOc2ccc(Br)cc21. The molecule has 1 N–H and O–H groups in total. The summed E-state index contributed by atoms with van der Waals surface area (Å²) in [7, 11) is 0. The van der Waals surface area contributed by atoms with Crippen molar-refractivity contribution in [2.24, 2.45) is 0 Å². The quantitative estimate of drug-likeness (QED) is 0.684. The number of nitrogens with one attached hydrogen (secondary N) is 1. The van der Waals surface area contributed by atoms with Gasteiger partial charge in [0.2, 0.25) is 5.91 Å². The van der Waals surface area contributed by atoms with E-state index >= 15 is 0 Å². The normalized spacial score (nSPS) is 17.1. The molecule has 6 heteroatoms. The van der Waals surface area contributed by atoms with Crippen molar-refractivity contribution in [2.45, 2.75) is 12.5 Å². The van der Waals surface area contributed by atoms with Crippen molar-refractivity contribution in [3.63, 3.8) is 0 Å². The van der Waals surface area contributed by atoms with Gasteiger partial charge in [0.15, 0.2) is 0 Å². The van der Waals surface area contributed by atoms with Crippen LogP contribution >= 0.6 is 43.2 Å². The van der Waals surface area contributed by atoms with Gasteiger partial charge in [0, 0.05) is 27.4 Å². The number of hydrogen-bond acceptors (Lipinski definition) is 3. The van der Waals surface area contributed by atoms with Crippen LogP contribution < -0.4 is 10.1 Å². The minimum atomic E-state index is -0.0950. The molecule has 0 saturated carbocycles. The summed E-state index contributed by atoms with van der Waals surface area (Å²) in [6.07, 6.45) is 4.17. The van der Waals surface area contributed by atoms with Gasteiger partial charge in [-0.3, -0.25) is 4.79 Å². The summed E-state index contributed by atoms with van der Waals surface area (Å²) >= 11 is 8.46. The number of rotatable bonds is 3. The lowest BCUT2D eigenvalue weighted by atomic mass is 10.0. The second-order valence-electron chi connectivity index (χ2n) is 4.86. The molecule has 0 spiro atoms. The summed E-state index contributed by atoms with van der Waals surface area (Å²) in [6.45, 7) is 0.612. The molecular formula is C16H13Br2NO2S. The van der Waals surface area contributed by atoms with Gasteiger partial charge in [0.25, 0.3) is 0 Å². The zero-order chi connectivity index (χ0) is 15.5. The van der Waals surface area contributed by atoms with Crippen molar-refractivity contribution in [2.75, 3.05) is 6.61 Å². The number of benzene rings is 1. The van der Waals surface area contributed by atoms with E-state index < -0.39 is 0 Å². The zero-order valence-corrected chi connectivity index (χ0v) is 15.5. The Kier molecular flexibility index (Phi) is 5.00. The zero-order valence-electron chi connectivity index (χ0n) is 11.5. The van der Waals surface area contributed by atoms with Gasteiger partial charge in [0.1, 0.15) is 5.75 Å². The minimum absolute atomic E-state index is 0.0199. The monoisotopic (exact) mass is 441 g/mol. The molecule has 1 aliphatic heterocycles. The fourth-order valence-corrected chi connectivity index (χ4v) is 4.02. The van der Waals surface area contributed by atoms with E-state index in [1.54, 1.807) is 17.4 Å². The van der Waals surface area contributed by atoms with Gasteiger partial charge >= 0.3 is 0 Å². The fraction of sp³-hybridized carbons (Fsp3) is 0.188. The number of fused-ring (bicyclic) bond motifs is 1. The van der Waals surface area contributed by atoms with Crippen LogP contribution in [0.2, 0.25) is 0 Å². The molecule has 114 valence electrons. The highest BCUT2D eigenvalue weighted by Gasteiger charge is 2.22. The molecule has 1 unspecified atom stereocenters. The average molecular weight is 443 g/mol. The molecule has 0 bridgehead atoms. The number of hydrogen-bond donors (Lipinski definition) is 1. The summed E-state index contributed by atoms with van der Waals surface area (Å²) in [5.41, 5.74) is 1.02. The van der Waals surface area contributed by atoms with Crippen molar-refractivity contribution in [1.82, 2.24) is 5.32 Å². The molecule has 0 aliphatic carbocycles. The van der Waals surface area contributed by atoms with Crippen LogP contribution in [0.25, 0.3) is 6.08 Å². The first-order valence-corrected chi connectivity index (χ1v) is 9.18. The largest absolute Gasteiger partial charge is 0.493 e. The van der Waals surface area contributed by atoms with Crippen molar-refractivity contribution >= 4 is 55.2 Å². The Balaban J connectivity index is 1.70. The molecule has 22 heavy (non-hydrogen) atoms. The second kappa shape index (κ2) is 6.98. The molecular weight excluding hydrogens is 430 g/mol. The number of halogens is 2. The summed E-state index contributed by atoms with van der Waals surface area (Å²) in [6, 6.07) is 9.79. The number of thiophene rings is 1. The molecule has 1 amide bonds. The van der Waals surface area contributed by atoms with Gasteiger partial charge in [-0.15, -0.1) is 11.3 Å². The van der Waals surface area contributed by atoms with E-state index in [0.29, 0.717) is 6.61 Å². The lowest BCUT2D eigenvalue weighted by Crippen LogP contribution is -2.30. The Morgan fingerprint density at radius 1 is 1.32 bits per heavy atom. The number of carbonyl (C=O) groups is 1.